The second-order valence-electron chi connectivity index (χ2n) is 9.40. The van der Waals surface area contributed by atoms with Crippen LogP contribution in [0.1, 0.15) is 54.6 Å². The van der Waals surface area contributed by atoms with E-state index in [-0.39, 0.29) is 17.0 Å². The third-order valence-electron chi connectivity index (χ3n) is 6.75. The number of hydrogen-bond acceptors (Lipinski definition) is 6. The number of rotatable bonds is 9. The predicted octanol–water partition coefficient (Wildman–Crippen LogP) is 5.52. The highest BCUT2D eigenvalue weighted by Crippen LogP contribution is 2.39. The van der Waals surface area contributed by atoms with Crippen LogP contribution in [0.15, 0.2) is 65.6 Å². The van der Waals surface area contributed by atoms with Gasteiger partial charge in [-0.25, -0.2) is 13.3 Å². The van der Waals surface area contributed by atoms with E-state index in [2.05, 4.69) is 6.92 Å². The molecular formula is C30H34N2O6S. The summed E-state index contributed by atoms with van der Waals surface area (Å²) in [4.78, 5) is 27.5. The van der Waals surface area contributed by atoms with Gasteiger partial charge in [-0.15, -0.1) is 0 Å². The molecule has 0 unspecified atom stereocenters. The van der Waals surface area contributed by atoms with Crippen molar-refractivity contribution in [1.29, 1.82) is 0 Å². The molecule has 0 radical (unpaired) electrons. The van der Waals surface area contributed by atoms with Crippen LogP contribution in [0.2, 0.25) is 0 Å². The van der Waals surface area contributed by atoms with E-state index in [0.29, 0.717) is 42.4 Å². The molecule has 0 atom stereocenters. The Bertz CT molecular complexity index is 1480. The number of carbonyl (C=O) groups is 2. The van der Waals surface area contributed by atoms with Gasteiger partial charge in [0.2, 0.25) is 5.91 Å². The maximum absolute atomic E-state index is 13.9. The van der Waals surface area contributed by atoms with Crippen molar-refractivity contribution in [2.24, 2.45) is 0 Å². The van der Waals surface area contributed by atoms with E-state index in [1.165, 1.54) is 23.5 Å². The number of amides is 2. The van der Waals surface area contributed by atoms with E-state index >= 15 is 0 Å². The molecule has 0 fully saturated rings. The first-order chi connectivity index (χ1) is 18.7. The normalized spacial score (nSPS) is 12.6. The summed E-state index contributed by atoms with van der Waals surface area (Å²) >= 11 is 0. The Labute approximate surface area is 230 Å². The first kappa shape index (κ1) is 28.2. The molecule has 0 saturated carbocycles. The first-order valence-electron chi connectivity index (χ1n) is 13.1. The lowest BCUT2D eigenvalue weighted by Gasteiger charge is -2.27. The lowest BCUT2D eigenvalue weighted by atomic mass is 10.1. The largest absolute Gasteiger partial charge is 0.486 e. The van der Waals surface area contributed by atoms with Gasteiger partial charge < -0.3 is 9.47 Å². The molecular weight excluding hydrogens is 516 g/mol. The van der Waals surface area contributed by atoms with E-state index in [0.717, 1.165) is 28.9 Å². The van der Waals surface area contributed by atoms with Gasteiger partial charge in [-0.1, -0.05) is 44.5 Å². The molecule has 3 aromatic carbocycles. The van der Waals surface area contributed by atoms with E-state index in [1.54, 1.807) is 50.2 Å². The van der Waals surface area contributed by atoms with Crippen molar-refractivity contribution < 1.29 is 27.5 Å². The zero-order valence-corrected chi connectivity index (χ0v) is 23.6. The smallest absolute Gasteiger partial charge is 0.265 e. The molecule has 0 aromatic heterocycles. The predicted molar refractivity (Wildman–Crippen MR) is 151 cm³/mol. The molecule has 0 saturated heterocycles. The van der Waals surface area contributed by atoms with Crippen LogP contribution in [0.4, 0.5) is 11.4 Å². The van der Waals surface area contributed by atoms with Crippen molar-refractivity contribution in [2.75, 3.05) is 29.5 Å². The van der Waals surface area contributed by atoms with Gasteiger partial charge in [0.1, 0.15) is 13.2 Å². The first-order valence-corrected chi connectivity index (χ1v) is 14.6. The Morgan fingerprint density at radius 1 is 0.923 bits per heavy atom. The zero-order chi connectivity index (χ0) is 28.2. The molecule has 8 nitrogen and oxygen atoms in total. The summed E-state index contributed by atoms with van der Waals surface area (Å²) in [6.07, 6.45) is 2.58. The van der Waals surface area contributed by atoms with Crippen LogP contribution in [-0.4, -0.2) is 40.5 Å². The molecule has 0 aliphatic carbocycles. The highest BCUT2D eigenvalue weighted by molar-refractivity contribution is 7.92. The highest BCUT2D eigenvalue weighted by Gasteiger charge is 2.29. The lowest BCUT2D eigenvalue weighted by Crippen LogP contribution is -2.37. The van der Waals surface area contributed by atoms with E-state index in [1.807, 2.05) is 12.1 Å². The molecule has 206 valence electrons. The van der Waals surface area contributed by atoms with Crippen LogP contribution in [0.5, 0.6) is 11.5 Å². The van der Waals surface area contributed by atoms with Crippen molar-refractivity contribution in [3.05, 3.63) is 77.4 Å². The Kier molecular flexibility index (Phi) is 8.60. The van der Waals surface area contributed by atoms with Crippen LogP contribution in [0.25, 0.3) is 0 Å². The molecule has 0 spiro atoms. The van der Waals surface area contributed by atoms with E-state index in [4.69, 9.17) is 9.47 Å². The number of benzene rings is 3. The molecule has 2 amide bonds. The number of carbonyl (C=O) groups excluding carboxylic acids is 2. The van der Waals surface area contributed by atoms with E-state index in [9.17, 15) is 18.0 Å². The number of ether oxygens (including phenoxy) is 2. The maximum atomic E-state index is 13.9. The number of aryl methyl sites for hydroxylation is 2. The Balaban J connectivity index is 1.75. The van der Waals surface area contributed by atoms with Crippen molar-refractivity contribution in [3.8, 4) is 11.5 Å². The molecule has 3 aromatic rings. The minimum Gasteiger partial charge on any atom is -0.486 e. The number of nitrogens with zero attached hydrogens (tertiary/aromatic N) is 2. The summed E-state index contributed by atoms with van der Waals surface area (Å²) in [7, 11) is -2.57. The summed E-state index contributed by atoms with van der Waals surface area (Å²) in [5.74, 6) is 0.166. The fraction of sp³-hybridized carbons (Fsp3) is 0.333. The van der Waals surface area contributed by atoms with Gasteiger partial charge in [-0.2, -0.15) is 0 Å². The van der Waals surface area contributed by atoms with Gasteiger partial charge in [0.15, 0.2) is 11.5 Å². The fourth-order valence-corrected chi connectivity index (χ4v) is 5.78. The Morgan fingerprint density at radius 2 is 1.62 bits per heavy atom. The summed E-state index contributed by atoms with van der Waals surface area (Å²) < 4.78 is 40.5. The third-order valence-corrected chi connectivity index (χ3v) is 8.51. The molecule has 1 aliphatic rings. The third kappa shape index (κ3) is 5.78. The molecule has 1 aliphatic heterocycles. The van der Waals surface area contributed by atoms with Crippen molar-refractivity contribution in [1.82, 2.24) is 0 Å². The molecule has 9 heteroatoms. The Hall–Kier alpha value is -3.85. The average molecular weight is 551 g/mol. The standard InChI is InChI=1S/C30H34N2O6S/c1-5-7-12-22-18-27-28(38-17-16-37-27)20-26(22)31(4)39(35,36)24-14-10-13-23(19-24)32(29(33)6-2)30(34)25-15-9-8-11-21(25)3/h8-11,13-15,18-20H,5-7,12,16-17H2,1-4H3. The number of unbranched alkanes of at least 4 members (excludes halogenated alkanes) is 1. The minimum atomic E-state index is -4.07. The van der Waals surface area contributed by atoms with Crippen LogP contribution in [0.3, 0.4) is 0 Å². The quantitative estimate of drug-likeness (QED) is 0.348. The topological polar surface area (TPSA) is 93.2 Å². The second-order valence-corrected chi connectivity index (χ2v) is 11.4. The van der Waals surface area contributed by atoms with Gasteiger partial charge in [-0.05, 0) is 61.2 Å². The molecule has 39 heavy (non-hydrogen) atoms. The van der Waals surface area contributed by atoms with Gasteiger partial charge in [0.25, 0.3) is 15.9 Å². The highest BCUT2D eigenvalue weighted by atomic mass is 32.2. The summed E-state index contributed by atoms with van der Waals surface area (Å²) in [5.41, 5.74) is 2.62. The van der Waals surface area contributed by atoms with Crippen LogP contribution in [-0.2, 0) is 21.2 Å². The minimum absolute atomic E-state index is 0.0367. The van der Waals surface area contributed by atoms with Gasteiger partial charge in [-0.3, -0.25) is 13.9 Å². The number of hydrogen-bond donors (Lipinski definition) is 0. The maximum Gasteiger partial charge on any atom is 0.265 e. The van der Waals surface area contributed by atoms with E-state index < -0.39 is 21.8 Å². The fourth-order valence-electron chi connectivity index (χ4n) is 4.52. The number of sulfonamides is 1. The number of anilines is 2. The van der Waals surface area contributed by atoms with Gasteiger partial charge in [0, 0.05) is 25.1 Å². The molecule has 4 rings (SSSR count). The summed E-state index contributed by atoms with van der Waals surface area (Å²) in [6.45, 7) is 6.35. The van der Waals surface area contributed by atoms with Crippen LogP contribution < -0.4 is 18.7 Å². The molecule has 1 heterocycles. The number of imide groups is 1. The molecule has 0 bridgehead atoms. The van der Waals surface area contributed by atoms with Crippen molar-refractivity contribution in [2.45, 2.75) is 51.3 Å². The van der Waals surface area contributed by atoms with Gasteiger partial charge in [0.05, 0.1) is 16.3 Å². The number of fused-ring (bicyclic) bond motifs is 1. The Morgan fingerprint density at radius 3 is 2.28 bits per heavy atom. The zero-order valence-electron chi connectivity index (χ0n) is 22.8. The lowest BCUT2D eigenvalue weighted by molar-refractivity contribution is -0.117. The summed E-state index contributed by atoms with van der Waals surface area (Å²) in [6, 6.07) is 16.5. The average Bonchev–Trinajstić information content (AvgIpc) is 2.95. The van der Waals surface area contributed by atoms with Crippen molar-refractivity contribution >= 4 is 33.2 Å². The second kappa shape index (κ2) is 11.9. The SMILES string of the molecule is CCCCc1cc2c(cc1N(C)S(=O)(=O)c1cccc(N(C(=O)CC)C(=O)c3ccccc3C)c1)OCCO2. The van der Waals surface area contributed by atoms with Crippen LogP contribution in [0, 0.1) is 6.92 Å². The molecule has 0 N–H and O–H groups in total. The summed E-state index contributed by atoms with van der Waals surface area (Å²) in [5, 5.41) is 0. The monoisotopic (exact) mass is 550 g/mol. The van der Waals surface area contributed by atoms with Gasteiger partial charge >= 0.3 is 0 Å². The van der Waals surface area contributed by atoms with Crippen molar-refractivity contribution in [3.63, 3.8) is 0 Å². The van der Waals surface area contributed by atoms with Crippen LogP contribution >= 0.6 is 0 Å².